The Morgan fingerprint density at radius 2 is 2.06 bits per heavy atom. The van der Waals surface area contributed by atoms with Crippen LogP contribution in [0.25, 0.3) is 17.0 Å². The number of hydrogen-bond donors (Lipinski definition) is 0. The molecule has 6 nitrogen and oxygen atoms in total. The van der Waals surface area contributed by atoms with Crippen molar-refractivity contribution in [2.24, 2.45) is 0 Å². The maximum Gasteiger partial charge on any atom is 0.331 e. The third-order valence-corrected chi connectivity index (χ3v) is 6.21. The number of carbonyl (C=O) groups is 1. The average Bonchev–Trinajstić information content (AvgIpc) is 3.47. The fraction of sp³-hybridized carbons (Fsp3) is 0.423. The van der Waals surface area contributed by atoms with Gasteiger partial charge in [0.2, 0.25) is 0 Å². The Labute approximate surface area is 202 Å². The van der Waals surface area contributed by atoms with Crippen LogP contribution in [0.1, 0.15) is 75.7 Å². The molecule has 0 spiro atoms. The first-order chi connectivity index (χ1) is 16.0. The number of hydrogen-bond acceptors (Lipinski definition) is 6. The van der Waals surface area contributed by atoms with E-state index in [9.17, 15) is 14.0 Å². The number of aromatic nitrogens is 2. The molecule has 180 valence electrons. The van der Waals surface area contributed by atoms with E-state index >= 15 is 0 Å². The SMILES string of the molecule is CC(C)c1csc(COc2cc3c(cc2F)c(=O)c(C=CC(=O)OC(C)(C)C)cn3C2CC2)n1. The minimum atomic E-state index is -0.631. The molecule has 0 unspecified atom stereocenters. The lowest BCUT2D eigenvalue weighted by Gasteiger charge is -2.18. The highest BCUT2D eigenvalue weighted by Crippen LogP contribution is 2.38. The number of ether oxygens (including phenoxy) is 2. The molecule has 1 saturated carbocycles. The fourth-order valence-corrected chi connectivity index (χ4v) is 4.41. The smallest absolute Gasteiger partial charge is 0.331 e. The third-order valence-electron chi connectivity index (χ3n) is 5.37. The summed E-state index contributed by atoms with van der Waals surface area (Å²) in [4.78, 5) is 29.7. The molecule has 3 aromatic rings. The summed E-state index contributed by atoms with van der Waals surface area (Å²) in [7, 11) is 0. The molecule has 34 heavy (non-hydrogen) atoms. The molecule has 4 rings (SSSR count). The number of carbonyl (C=O) groups excluding carboxylic acids is 1. The second-order valence-electron chi connectivity index (χ2n) is 9.83. The Morgan fingerprint density at radius 1 is 1.32 bits per heavy atom. The van der Waals surface area contributed by atoms with Crippen molar-refractivity contribution in [3.05, 3.63) is 62.1 Å². The Bertz CT molecular complexity index is 1310. The Kier molecular flexibility index (Phi) is 6.62. The molecule has 0 N–H and O–H groups in total. The summed E-state index contributed by atoms with van der Waals surface area (Å²) in [5, 5.41) is 3.00. The van der Waals surface area contributed by atoms with E-state index in [4.69, 9.17) is 9.47 Å². The molecule has 8 heteroatoms. The highest BCUT2D eigenvalue weighted by Gasteiger charge is 2.26. The Hall–Kier alpha value is -3.00. The minimum Gasteiger partial charge on any atom is -0.483 e. The van der Waals surface area contributed by atoms with Crippen LogP contribution in [0, 0.1) is 5.82 Å². The maximum atomic E-state index is 14.9. The highest BCUT2D eigenvalue weighted by atomic mass is 32.1. The number of fused-ring (bicyclic) bond motifs is 1. The van der Waals surface area contributed by atoms with Crippen molar-refractivity contribution >= 4 is 34.3 Å². The zero-order valence-electron chi connectivity index (χ0n) is 20.1. The standard InChI is InChI=1S/C26H29FN2O4S/c1-15(2)20-14-34-23(28-20)13-32-22-11-21-18(10-19(22)27)25(31)16(12-29(21)17-7-8-17)6-9-24(30)33-26(3,4)5/h6,9-12,14-15,17H,7-8,13H2,1-5H3. The van der Waals surface area contributed by atoms with Gasteiger partial charge >= 0.3 is 5.97 Å². The molecule has 0 amide bonds. The molecule has 0 saturated heterocycles. The largest absolute Gasteiger partial charge is 0.483 e. The summed E-state index contributed by atoms with van der Waals surface area (Å²) in [6.45, 7) is 9.61. The summed E-state index contributed by atoms with van der Waals surface area (Å²) < 4.78 is 27.9. The molecular formula is C26H29FN2O4S. The molecule has 1 aliphatic rings. The molecule has 1 aromatic carbocycles. The van der Waals surface area contributed by atoms with E-state index in [1.165, 1.54) is 29.6 Å². The molecule has 1 aliphatic carbocycles. The number of nitrogens with zero attached hydrogens (tertiary/aromatic N) is 2. The van der Waals surface area contributed by atoms with E-state index in [1.54, 1.807) is 33.0 Å². The zero-order chi connectivity index (χ0) is 24.6. The monoisotopic (exact) mass is 484 g/mol. The molecule has 0 aliphatic heterocycles. The predicted octanol–water partition coefficient (Wildman–Crippen LogP) is 5.99. The van der Waals surface area contributed by atoms with Gasteiger partial charge in [-0.25, -0.2) is 14.2 Å². The van der Waals surface area contributed by atoms with E-state index in [-0.39, 0.29) is 29.2 Å². The number of halogens is 1. The lowest BCUT2D eigenvalue weighted by Crippen LogP contribution is -2.22. The fourth-order valence-electron chi connectivity index (χ4n) is 3.55. The van der Waals surface area contributed by atoms with Gasteiger partial charge in [-0.1, -0.05) is 13.8 Å². The molecule has 2 aromatic heterocycles. The quantitative estimate of drug-likeness (QED) is 0.304. The Balaban J connectivity index is 1.65. The number of benzene rings is 1. The zero-order valence-corrected chi connectivity index (χ0v) is 20.9. The predicted molar refractivity (Wildman–Crippen MR) is 132 cm³/mol. The van der Waals surface area contributed by atoms with Crippen LogP contribution in [0.3, 0.4) is 0 Å². The highest BCUT2D eigenvalue weighted by molar-refractivity contribution is 7.09. The summed E-state index contributed by atoms with van der Waals surface area (Å²) in [5.41, 5.74) is 0.923. The third kappa shape index (κ3) is 5.55. The summed E-state index contributed by atoms with van der Waals surface area (Å²) in [5.74, 6) is -0.753. The number of thiazole rings is 1. The topological polar surface area (TPSA) is 70.4 Å². The first-order valence-corrected chi connectivity index (χ1v) is 12.3. The van der Waals surface area contributed by atoms with Crippen LogP contribution in [-0.4, -0.2) is 21.1 Å². The van der Waals surface area contributed by atoms with Crippen molar-refractivity contribution in [2.75, 3.05) is 0 Å². The van der Waals surface area contributed by atoms with Crippen LogP contribution in [0.2, 0.25) is 0 Å². The average molecular weight is 485 g/mol. The van der Waals surface area contributed by atoms with Gasteiger partial charge in [0.05, 0.1) is 11.2 Å². The van der Waals surface area contributed by atoms with Gasteiger partial charge in [-0.15, -0.1) is 11.3 Å². The van der Waals surface area contributed by atoms with Crippen molar-refractivity contribution in [1.29, 1.82) is 0 Å². The van der Waals surface area contributed by atoms with E-state index in [2.05, 4.69) is 18.8 Å². The van der Waals surface area contributed by atoms with E-state index in [0.717, 1.165) is 23.5 Å². The lowest BCUT2D eigenvalue weighted by atomic mass is 10.1. The van der Waals surface area contributed by atoms with Crippen LogP contribution in [0.4, 0.5) is 4.39 Å². The number of pyridine rings is 1. The lowest BCUT2D eigenvalue weighted by molar-refractivity contribution is -0.148. The van der Waals surface area contributed by atoms with E-state index in [1.807, 2.05) is 9.95 Å². The first kappa shape index (κ1) is 24.1. The van der Waals surface area contributed by atoms with E-state index in [0.29, 0.717) is 17.0 Å². The van der Waals surface area contributed by atoms with Crippen LogP contribution < -0.4 is 10.2 Å². The summed E-state index contributed by atoms with van der Waals surface area (Å²) >= 11 is 1.48. The first-order valence-electron chi connectivity index (χ1n) is 11.4. The molecule has 0 atom stereocenters. The van der Waals surface area contributed by atoms with Crippen molar-refractivity contribution in [1.82, 2.24) is 9.55 Å². The van der Waals surface area contributed by atoms with Gasteiger partial charge in [-0.3, -0.25) is 4.79 Å². The van der Waals surface area contributed by atoms with Gasteiger partial charge < -0.3 is 14.0 Å². The Morgan fingerprint density at radius 3 is 2.68 bits per heavy atom. The molecule has 1 fully saturated rings. The minimum absolute atomic E-state index is 0.0830. The van der Waals surface area contributed by atoms with Crippen molar-refractivity contribution < 1.29 is 18.7 Å². The number of rotatable bonds is 7. The van der Waals surface area contributed by atoms with Crippen LogP contribution in [0.5, 0.6) is 5.75 Å². The van der Waals surface area contributed by atoms with Gasteiger partial charge in [0.15, 0.2) is 17.0 Å². The second kappa shape index (κ2) is 9.33. The van der Waals surface area contributed by atoms with Gasteiger partial charge in [-0.2, -0.15) is 0 Å². The van der Waals surface area contributed by atoms with Gasteiger partial charge in [0, 0.05) is 40.7 Å². The molecular weight excluding hydrogens is 455 g/mol. The van der Waals surface area contributed by atoms with Gasteiger partial charge in [-0.05, 0) is 51.7 Å². The van der Waals surface area contributed by atoms with Crippen molar-refractivity contribution in [3.63, 3.8) is 0 Å². The summed E-state index contributed by atoms with van der Waals surface area (Å²) in [6.07, 6.45) is 6.33. The van der Waals surface area contributed by atoms with Gasteiger partial charge in [0.25, 0.3) is 0 Å². The number of esters is 1. The van der Waals surface area contributed by atoms with Crippen LogP contribution >= 0.6 is 11.3 Å². The van der Waals surface area contributed by atoms with Crippen LogP contribution in [-0.2, 0) is 16.1 Å². The molecule has 0 radical (unpaired) electrons. The molecule has 2 heterocycles. The van der Waals surface area contributed by atoms with Crippen molar-refractivity contribution in [2.45, 2.75) is 71.6 Å². The second-order valence-corrected chi connectivity index (χ2v) is 10.8. The van der Waals surface area contributed by atoms with E-state index < -0.39 is 17.4 Å². The van der Waals surface area contributed by atoms with Gasteiger partial charge in [0.1, 0.15) is 17.2 Å². The summed E-state index contributed by atoms with van der Waals surface area (Å²) in [6, 6.07) is 3.03. The molecule has 0 bridgehead atoms. The normalized spacial score (nSPS) is 14.3. The van der Waals surface area contributed by atoms with Crippen molar-refractivity contribution in [3.8, 4) is 5.75 Å². The maximum absolute atomic E-state index is 14.9. The van der Waals surface area contributed by atoms with Crippen LogP contribution in [0.15, 0.2) is 34.6 Å².